The number of piperazine rings is 1. The molecule has 0 spiro atoms. The van der Waals surface area contributed by atoms with Crippen LogP contribution in [0.3, 0.4) is 0 Å². The third kappa shape index (κ3) is 6.22. The summed E-state index contributed by atoms with van der Waals surface area (Å²) < 4.78 is 20.4. The summed E-state index contributed by atoms with van der Waals surface area (Å²) in [6.45, 7) is 10.5. The molecule has 2 amide bonds. The fraction of sp³-hybridized carbons (Fsp3) is 0.577. The first-order valence-electron chi connectivity index (χ1n) is 13.3. The van der Waals surface area contributed by atoms with E-state index in [4.69, 9.17) is 16.3 Å². The zero-order valence-corrected chi connectivity index (χ0v) is 23.1. The Balaban J connectivity index is 1.40. The van der Waals surface area contributed by atoms with Crippen LogP contribution in [0.5, 0.6) is 11.5 Å². The molecule has 1 aromatic carbocycles. The van der Waals surface area contributed by atoms with Gasteiger partial charge in [0.25, 0.3) is 0 Å². The van der Waals surface area contributed by atoms with Gasteiger partial charge in [0.2, 0.25) is 5.95 Å². The van der Waals surface area contributed by atoms with Gasteiger partial charge >= 0.3 is 6.03 Å². The van der Waals surface area contributed by atoms with E-state index >= 15 is 4.39 Å². The van der Waals surface area contributed by atoms with Gasteiger partial charge in [0.15, 0.2) is 11.6 Å². The number of anilines is 3. The second-order valence-corrected chi connectivity index (χ2v) is 9.97. The maximum absolute atomic E-state index is 15.0. The number of hydrogen-bond acceptors (Lipinski definition) is 8. The minimum Gasteiger partial charge on any atom is -0.505 e. The van der Waals surface area contributed by atoms with Crippen LogP contribution >= 0.6 is 11.6 Å². The van der Waals surface area contributed by atoms with Gasteiger partial charge in [-0.3, -0.25) is 9.80 Å². The van der Waals surface area contributed by atoms with Gasteiger partial charge in [0.1, 0.15) is 22.3 Å². The molecule has 0 saturated carbocycles. The minimum absolute atomic E-state index is 0.00287. The van der Waals surface area contributed by atoms with Gasteiger partial charge in [-0.1, -0.05) is 18.0 Å². The molecule has 2 aromatic rings. The molecule has 4 rings (SSSR count). The minimum atomic E-state index is -0.988. The maximum Gasteiger partial charge on any atom is 0.330 e. The summed E-state index contributed by atoms with van der Waals surface area (Å²) in [6, 6.07) is 0.611. The average Bonchev–Trinajstić information content (AvgIpc) is 2.91. The van der Waals surface area contributed by atoms with E-state index in [-0.39, 0.29) is 29.6 Å². The monoisotopic (exact) mass is 549 g/mol. The Labute approximate surface area is 228 Å². The maximum atomic E-state index is 15.0. The fourth-order valence-electron chi connectivity index (χ4n) is 4.75. The summed E-state index contributed by atoms with van der Waals surface area (Å²) in [5.74, 6) is -0.609. The molecule has 0 unspecified atom stereocenters. The number of likely N-dealkylation sites (N-methyl/N-ethyl adjacent to an activating group) is 1. The Morgan fingerprint density at radius 2 is 1.95 bits per heavy atom. The number of fused-ring (bicyclic) bond motifs is 1. The van der Waals surface area contributed by atoms with E-state index in [1.807, 2.05) is 6.92 Å². The number of unbranched alkanes of at least 4 members (excludes halogenated alkanes) is 2. The number of ether oxygens (including phenoxy) is 1. The molecule has 2 N–H and O–H groups in total. The second kappa shape index (κ2) is 12.8. The predicted molar refractivity (Wildman–Crippen MR) is 147 cm³/mol. The molecular formula is C26H37ClFN7O3. The third-order valence-corrected chi connectivity index (χ3v) is 7.29. The molecule has 0 aliphatic carbocycles. The summed E-state index contributed by atoms with van der Waals surface area (Å²) in [5.41, 5.74) is 0.406. The van der Waals surface area contributed by atoms with Crippen molar-refractivity contribution >= 4 is 35.1 Å². The number of halogens is 2. The first-order chi connectivity index (χ1) is 18.3. The molecule has 208 valence electrons. The normalized spacial score (nSPS) is 16.6. The van der Waals surface area contributed by atoms with Gasteiger partial charge in [-0.2, -0.15) is 4.98 Å². The summed E-state index contributed by atoms with van der Waals surface area (Å²) in [6.07, 6.45) is 4.90. The van der Waals surface area contributed by atoms with Crippen LogP contribution in [-0.4, -0.2) is 90.4 Å². The average molecular weight is 550 g/mol. The van der Waals surface area contributed by atoms with Crippen LogP contribution in [0.2, 0.25) is 5.02 Å². The van der Waals surface area contributed by atoms with Crippen molar-refractivity contribution in [3.63, 3.8) is 0 Å². The van der Waals surface area contributed by atoms with Crippen LogP contribution in [0, 0.1) is 5.82 Å². The first kappa shape index (κ1) is 28.1. The number of carbonyl (C=O) groups excluding carboxylic acids is 1. The Kier molecular flexibility index (Phi) is 9.45. The highest BCUT2D eigenvalue weighted by atomic mass is 35.5. The second-order valence-electron chi connectivity index (χ2n) is 9.59. The number of nitrogens with one attached hydrogen (secondary N) is 1. The van der Waals surface area contributed by atoms with E-state index in [9.17, 15) is 9.90 Å². The number of aromatic nitrogens is 2. The van der Waals surface area contributed by atoms with E-state index in [0.29, 0.717) is 23.9 Å². The lowest BCUT2D eigenvalue weighted by Crippen LogP contribution is -2.48. The zero-order chi connectivity index (χ0) is 27.2. The van der Waals surface area contributed by atoms with Gasteiger partial charge in [-0.25, -0.2) is 14.2 Å². The summed E-state index contributed by atoms with van der Waals surface area (Å²) in [4.78, 5) is 29.9. The predicted octanol–water partition coefficient (Wildman–Crippen LogP) is 4.17. The van der Waals surface area contributed by atoms with E-state index in [0.717, 1.165) is 64.6 Å². The first-order valence-corrected chi connectivity index (χ1v) is 13.6. The molecule has 1 aromatic heterocycles. The Bertz CT molecular complexity index is 1130. The number of benzene rings is 1. The van der Waals surface area contributed by atoms with Gasteiger partial charge in [0.05, 0.1) is 13.2 Å². The molecule has 1 saturated heterocycles. The van der Waals surface area contributed by atoms with E-state index in [1.165, 1.54) is 9.80 Å². The number of phenols is 1. The zero-order valence-electron chi connectivity index (χ0n) is 22.3. The van der Waals surface area contributed by atoms with E-state index in [2.05, 4.69) is 32.1 Å². The fourth-order valence-corrected chi connectivity index (χ4v) is 5.05. The molecule has 2 aliphatic heterocycles. The highest BCUT2D eigenvalue weighted by Gasteiger charge is 2.36. The SMILES string of the molecule is CCOc1cc(O)c(F)c(N2Cc3cnc(NCCCCCN4CCN(C)CC4)nc3N(CC)C2=O)c1Cl. The lowest BCUT2D eigenvalue weighted by molar-refractivity contribution is 0.152. The molecule has 10 nitrogen and oxygen atoms in total. The van der Waals surface area contributed by atoms with Crippen LogP contribution in [0.15, 0.2) is 12.3 Å². The topological polar surface area (TPSA) is 97.3 Å². The van der Waals surface area contributed by atoms with Crippen molar-refractivity contribution < 1.29 is 19.0 Å². The van der Waals surface area contributed by atoms with Crippen molar-refractivity contribution in [2.24, 2.45) is 0 Å². The van der Waals surface area contributed by atoms with Gasteiger partial charge in [0, 0.05) is 57.1 Å². The molecule has 0 radical (unpaired) electrons. The third-order valence-electron chi connectivity index (χ3n) is 6.93. The molecule has 38 heavy (non-hydrogen) atoms. The van der Waals surface area contributed by atoms with E-state index < -0.39 is 17.6 Å². The molecule has 0 atom stereocenters. The van der Waals surface area contributed by atoms with Crippen molar-refractivity contribution in [1.82, 2.24) is 19.8 Å². The van der Waals surface area contributed by atoms with Crippen LogP contribution in [0.1, 0.15) is 38.7 Å². The molecule has 1 fully saturated rings. The summed E-state index contributed by atoms with van der Waals surface area (Å²) in [5, 5.41) is 13.3. The Morgan fingerprint density at radius 3 is 2.66 bits per heavy atom. The van der Waals surface area contributed by atoms with Gasteiger partial charge in [-0.15, -0.1) is 0 Å². The largest absolute Gasteiger partial charge is 0.505 e. The van der Waals surface area contributed by atoms with Crippen molar-refractivity contribution in [3.05, 3.63) is 28.7 Å². The number of amides is 2. The van der Waals surface area contributed by atoms with Crippen LogP contribution in [-0.2, 0) is 6.54 Å². The Morgan fingerprint density at radius 1 is 1.18 bits per heavy atom. The highest BCUT2D eigenvalue weighted by Crippen LogP contribution is 2.44. The number of phenolic OH excluding ortho intramolecular Hbond substituents is 1. The molecule has 3 heterocycles. The molecular weight excluding hydrogens is 513 g/mol. The number of urea groups is 1. The van der Waals surface area contributed by atoms with Crippen molar-refractivity contribution in [1.29, 1.82) is 0 Å². The molecule has 0 bridgehead atoms. The highest BCUT2D eigenvalue weighted by molar-refractivity contribution is 6.35. The van der Waals surface area contributed by atoms with Crippen LogP contribution < -0.4 is 19.9 Å². The number of hydrogen-bond donors (Lipinski definition) is 2. The number of rotatable bonds is 11. The quantitative estimate of drug-likeness (QED) is 0.403. The lowest BCUT2D eigenvalue weighted by Gasteiger charge is -2.36. The van der Waals surface area contributed by atoms with Gasteiger partial charge in [-0.05, 0) is 40.3 Å². The Hall–Kier alpha value is -2.89. The van der Waals surface area contributed by atoms with E-state index in [1.54, 1.807) is 13.1 Å². The number of nitrogens with zero attached hydrogens (tertiary/aromatic N) is 6. The standard InChI is InChI=1S/C26H37ClFN7O3/c1-4-34-24-18(17-35(26(34)37)23-21(27)20(38-5-2)15-19(36)22(23)28)16-30-25(31-24)29-9-7-6-8-10-33-13-11-32(3)12-14-33/h15-16,36H,4-14,17H2,1-3H3,(H,29,30,31). The van der Waals surface area contributed by atoms with Crippen molar-refractivity contribution in [2.75, 3.05) is 74.6 Å². The van der Waals surface area contributed by atoms with Crippen molar-refractivity contribution in [2.45, 2.75) is 39.7 Å². The van der Waals surface area contributed by atoms with Crippen LogP contribution in [0.4, 0.5) is 26.6 Å². The lowest BCUT2D eigenvalue weighted by atomic mass is 10.1. The summed E-state index contributed by atoms with van der Waals surface area (Å²) in [7, 11) is 2.17. The molecule has 12 heteroatoms. The molecule has 2 aliphatic rings. The smallest absolute Gasteiger partial charge is 0.330 e. The number of carbonyl (C=O) groups is 1. The van der Waals surface area contributed by atoms with Crippen molar-refractivity contribution in [3.8, 4) is 11.5 Å². The number of aromatic hydroxyl groups is 1. The summed E-state index contributed by atoms with van der Waals surface area (Å²) >= 11 is 6.42. The van der Waals surface area contributed by atoms with Gasteiger partial charge < -0.3 is 25.0 Å². The van der Waals surface area contributed by atoms with Crippen LogP contribution in [0.25, 0.3) is 0 Å².